The molecule has 0 aromatic carbocycles. The highest BCUT2D eigenvalue weighted by atomic mass is 16.7. The predicted octanol–water partition coefficient (Wildman–Crippen LogP) is -1.03. The van der Waals surface area contributed by atoms with Gasteiger partial charge in [-0.2, -0.15) is 0 Å². The van der Waals surface area contributed by atoms with Crippen molar-refractivity contribution in [3.63, 3.8) is 0 Å². The summed E-state index contributed by atoms with van der Waals surface area (Å²) in [5, 5.41) is 40.4. The third-order valence-corrected chi connectivity index (χ3v) is 2.46. The van der Waals surface area contributed by atoms with Crippen LogP contribution in [0.25, 0.3) is 10.4 Å². The van der Waals surface area contributed by atoms with Gasteiger partial charge in [0.1, 0.15) is 0 Å². The molecule has 0 saturated carbocycles. The summed E-state index contributed by atoms with van der Waals surface area (Å²) in [5.41, 5.74) is 8.07. The number of carbonyl (C=O) groups is 1. The molecule has 0 aromatic rings. The maximum Gasteiger partial charge on any atom is 0.364 e. The number of hydrogen-bond acceptors (Lipinski definition) is 6. The molecule has 1 rings (SSSR count). The van der Waals surface area contributed by atoms with E-state index < -0.39 is 36.5 Å². The van der Waals surface area contributed by atoms with Crippen LogP contribution in [0.2, 0.25) is 0 Å². The SMILES string of the molecule is [N-]=[N+]=NC[C@@H](O)[C@@H]1C[C@@H](O)C[C@](O)(C(=O)O)O1. The maximum atomic E-state index is 10.8. The number of aliphatic hydroxyl groups is 3. The van der Waals surface area contributed by atoms with Crippen molar-refractivity contribution < 1.29 is 30.0 Å². The number of aliphatic carboxylic acids is 1. The molecule has 96 valence electrons. The highest BCUT2D eigenvalue weighted by Crippen LogP contribution is 2.29. The van der Waals surface area contributed by atoms with Gasteiger partial charge in [-0.25, -0.2) is 4.79 Å². The lowest BCUT2D eigenvalue weighted by Gasteiger charge is -2.38. The molecule has 1 saturated heterocycles. The van der Waals surface area contributed by atoms with E-state index in [1.807, 2.05) is 0 Å². The molecule has 4 N–H and O–H groups in total. The Morgan fingerprint density at radius 3 is 2.88 bits per heavy atom. The molecule has 0 unspecified atom stereocenters. The van der Waals surface area contributed by atoms with Crippen molar-refractivity contribution in [2.24, 2.45) is 5.11 Å². The van der Waals surface area contributed by atoms with Gasteiger partial charge in [-0.15, -0.1) is 0 Å². The van der Waals surface area contributed by atoms with E-state index in [9.17, 15) is 20.1 Å². The fourth-order valence-corrected chi connectivity index (χ4v) is 1.63. The van der Waals surface area contributed by atoms with Crippen molar-refractivity contribution in [2.45, 2.75) is 36.9 Å². The van der Waals surface area contributed by atoms with Gasteiger partial charge in [0.25, 0.3) is 5.79 Å². The average Bonchev–Trinajstić information content (AvgIpc) is 2.24. The number of ether oxygens (including phenoxy) is 1. The smallest absolute Gasteiger partial charge is 0.364 e. The molecular formula is C8H13N3O6. The van der Waals surface area contributed by atoms with E-state index in [0.717, 1.165) is 0 Å². The molecule has 17 heavy (non-hydrogen) atoms. The van der Waals surface area contributed by atoms with E-state index in [-0.39, 0.29) is 13.0 Å². The number of aliphatic hydroxyl groups excluding tert-OH is 2. The summed E-state index contributed by atoms with van der Waals surface area (Å²) in [6.45, 7) is -0.330. The highest BCUT2D eigenvalue weighted by molar-refractivity contribution is 5.75. The van der Waals surface area contributed by atoms with Crippen molar-refractivity contribution >= 4 is 5.97 Å². The van der Waals surface area contributed by atoms with Gasteiger partial charge in [-0.05, 0) is 5.53 Å². The monoisotopic (exact) mass is 247 g/mol. The van der Waals surface area contributed by atoms with E-state index in [1.54, 1.807) is 0 Å². The van der Waals surface area contributed by atoms with Gasteiger partial charge in [0.15, 0.2) is 0 Å². The topological polar surface area (TPSA) is 156 Å². The second-order valence-electron chi connectivity index (χ2n) is 3.82. The molecule has 0 amide bonds. The van der Waals surface area contributed by atoms with Gasteiger partial charge in [-0.3, -0.25) is 0 Å². The first-order valence-electron chi connectivity index (χ1n) is 4.89. The largest absolute Gasteiger partial charge is 0.477 e. The number of carboxylic acid groups (broad SMARTS) is 1. The summed E-state index contributed by atoms with van der Waals surface area (Å²) in [4.78, 5) is 13.2. The minimum absolute atomic E-state index is 0.0439. The second-order valence-corrected chi connectivity index (χ2v) is 3.82. The Kier molecular flexibility index (Phi) is 4.27. The van der Waals surface area contributed by atoms with Gasteiger partial charge in [0.2, 0.25) is 0 Å². The van der Waals surface area contributed by atoms with Crippen molar-refractivity contribution in [3.05, 3.63) is 10.4 Å². The molecule has 9 heteroatoms. The summed E-state index contributed by atoms with van der Waals surface area (Å²) < 4.78 is 4.83. The van der Waals surface area contributed by atoms with Crippen LogP contribution in [0.3, 0.4) is 0 Å². The van der Waals surface area contributed by atoms with Crippen LogP contribution in [-0.4, -0.2) is 57.0 Å². The van der Waals surface area contributed by atoms with Gasteiger partial charge in [0, 0.05) is 17.8 Å². The Morgan fingerprint density at radius 2 is 2.35 bits per heavy atom. The van der Waals surface area contributed by atoms with Crippen LogP contribution in [-0.2, 0) is 9.53 Å². The number of carboxylic acids is 1. The molecule has 0 radical (unpaired) electrons. The van der Waals surface area contributed by atoms with Crippen molar-refractivity contribution in [1.29, 1.82) is 0 Å². The predicted molar refractivity (Wildman–Crippen MR) is 52.7 cm³/mol. The Hall–Kier alpha value is -1.38. The molecule has 1 aliphatic rings. The summed E-state index contributed by atoms with van der Waals surface area (Å²) in [5.74, 6) is -4.17. The maximum absolute atomic E-state index is 10.8. The lowest BCUT2D eigenvalue weighted by molar-refractivity contribution is -0.281. The Balaban J connectivity index is 2.74. The molecule has 0 aliphatic carbocycles. The number of nitrogens with zero attached hydrogens (tertiary/aromatic N) is 3. The van der Waals surface area contributed by atoms with E-state index in [2.05, 4.69) is 10.0 Å². The molecule has 4 atom stereocenters. The first-order chi connectivity index (χ1) is 7.89. The standard InChI is InChI=1S/C8H13N3O6/c9-11-10-3-5(13)6-1-4(12)2-8(16,17-6)7(14)15/h4-6,12-13,16H,1-3H2,(H,14,15)/t4-,5-,6+,8-/m1/s1. The first kappa shape index (κ1) is 13.7. The van der Waals surface area contributed by atoms with Crippen LogP contribution < -0.4 is 0 Å². The lowest BCUT2D eigenvalue weighted by Crippen LogP contribution is -2.54. The fraction of sp³-hybridized carbons (Fsp3) is 0.875. The average molecular weight is 247 g/mol. The van der Waals surface area contributed by atoms with Gasteiger partial charge in [-0.1, -0.05) is 5.11 Å². The van der Waals surface area contributed by atoms with E-state index >= 15 is 0 Å². The molecule has 0 spiro atoms. The van der Waals surface area contributed by atoms with Crippen molar-refractivity contribution in [3.8, 4) is 0 Å². The second kappa shape index (κ2) is 5.30. The summed E-state index contributed by atoms with van der Waals surface area (Å²) in [6, 6.07) is 0. The Bertz CT molecular complexity index is 344. The normalized spacial score (nSPS) is 34.8. The van der Waals surface area contributed by atoms with Gasteiger partial charge < -0.3 is 25.2 Å². The van der Waals surface area contributed by atoms with Crippen LogP contribution in [0.4, 0.5) is 0 Å². The summed E-state index contributed by atoms with van der Waals surface area (Å²) in [6.07, 6.45) is -4.03. The van der Waals surface area contributed by atoms with Crippen LogP contribution >= 0.6 is 0 Å². The molecule has 0 aromatic heterocycles. The lowest BCUT2D eigenvalue weighted by atomic mass is 9.95. The number of azide groups is 1. The summed E-state index contributed by atoms with van der Waals surface area (Å²) in [7, 11) is 0. The highest BCUT2D eigenvalue weighted by Gasteiger charge is 2.47. The molecule has 9 nitrogen and oxygen atoms in total. The third-order valence-electron chi connectivity index (χ3n) is 2.46. The van der Waals surface area contributed by atoms with Crippen molar-refractivity contribution in [2.75, 3.05) is 6.54 Å². The van der Waals surface area contributed by atoms with E-state index in [0.29, 0.717) is 0 Å². The zero-order chi connectivity index (χ0) is 13.1. The van der Waals surface area contributed by atoms with Crippen LogP contribution in [0.1, 0.15) is 12.8 Å². The van der Waals surface area contributed by atoms with Crippen LogP contribution in [0.5, 0.6) is 0 Å². The van der Waals surface area contributed by atoms with E-state index in [4.69, 9.17) is 15.4 Å². The van der Waals surface area contributed by atoms with Crippen LogP contribution in [0, 0.1) is 0 Å². The molecule has 1 heterocycles. The minimum Gasteiger partial charge on any atom is -0.477 e. The molecular weight excluding hydrogens is 234 g/mol. The zero-order valence-electron chi connectivity index (χ0n) is 8.80. The first-order valence-corrected chi connectivity index (χ1v) is 4.89. The Labute approximate surface area is 95.9 Å². The molecule has 1 aliphatic heterocycles. The quantitative estimate of drug-likeness (QED) is 0.282. The van der Waals surface area contributed by atoms with Gasteiger partial charge in [0.05, 0.1) is 24.9 Å². The minimum atomic E-state index is -2.53. The molecule has 1 fully saturated rings. The van der Waals surface area contributed by atoms with Crippen molar-refractivity contribution in [1.82, 2.24) is 0 Å². The zero-order valence-corrected chi connectivity index (χ0v) is 8.80. The Morgan fingerprint density at radius 1 is 1.71 bits per heavy atom. The molecule has 0 bridgehead atoms. The number of rotatable bonds is 4. The fourth-order valence-electron chi connectivity index (χ4n) is 1.63. The third kappa shape index (κ3) is 3.29. The number of hydrogen-bond donors (Lipinski definition) is 4. The summed E-state index contributed by atoms with van der Waals surface area (Å²) >= 11 is 0. The van der Waals surface area contributed by atoms with Gasteiger partial charge >= 0.3 is 5.97 Å². The van der Waals surface area contributed by atoms with E-state index in [1.165, 1.54) is 0 Å². The van der Waals surface area contributed by atoms with Crippen LogP contribution in [0.15, 0.2) is 5.11 Å².